The van der Waals surface area contributed by atoms with Crippen LogP contribution >= 0.6 is 27.5 Å². The summed E-state index contributed by atoms with van der Waals surface area (Å²) in [6.07, 6.45) is 0.813. The summed E-state index contributed by atoms with van der Waals surface area (Å²) >= 11 is 9.49. The highest BCUT2D eigenvalue weighted by molar-refractivity contribution is 9.10. The van der Waals surface area contributed by atoms with Crippen molar-refractivity contribution in [2.24, 2.45) is 0 Å². The van der Waals surface area contributed by atoms with Gasteiger partial charge in [0.15, 0.2) is 5.82 Å². The Morgan fingerprint density at radius 2 is 2.28 bits per heavy atom. The Kier molecular flexibility index (Phi) is 3.05. The lowest BCUT2D eigenvalue weighted by Gasteiger charge is -2.14. The minimum absolute atomic E-state index is 0.531. The van der Waals surface area contributed by atoms with Crippen LogP contribution in [0.15, 0.2) is 22.7 Å². The Bertz CT molecular complexity index is 612. The van der Waals surface area contributed by atoms with Gasteiger partial charge in [0.25, 0.3) is 0 Å². The summed E-state index contributed by atoms with van der Waals surface area (Å²) in [5, 5.41) is 5.03. The lowest BCUT2D eigenvalue weighted by atomic mass is 10.1. The topological polar surface area (TPSA) is 53.1 Å². The number of rotatable bonds is 1. The molecule has 0 fully saturated rings. The third-order valence-corrected chi connectivity index (χ3v) is 4.23. The molecule has 6 heteroatoms. The zero-order valence-electron chi connectivity index (χ0n) is 9.49. The van der Waals surface area contributed by atoms with Crippen LogP contribution < -0.4 is 5.73 Å². The van der Waals surface area contributed by atoms with Crippen molar-refractivity contribution in [1.29, 1.82) is 0 Å². The molecule has 1 aromatic heterocycles. The number of anilines is 1. The number of aromatic nitrogens is 2. The second-order valence-electron chi connectivity index (χ2n) is 4.12. The van der Waals surface area contributed by atoms with E-state index in [0.29, 0.717) is 24.1 Å². The fourth-order valence-corrected chi connectivity index (χ4v) is 2.51. The third-order valence-electron chi connectivity index (χ3n) is 3.00. The quantitative estimate of drug-likeness (QED) is 0.875. The Hall–Kier alpha value is -1.04. The molecule has 0 spiro atoms. The summed E-state index contributed by atoms with van der Waals surface area (Å²) in [4.78, 5) is 0. The van der Waals surface area contributed by atoms with Crippen molar-refractivity contribution < 1.29 is 4.74 Å². The number of nitrogen functional groups attached to an aromatic ring is 1. The molecule has 1 aliphatic heterocycles. The first-order valence-corrected chi connectivity index (χ1v) is 6.73. The van der Waals surface area contributed by atoms with E-state index in [1.807, 2.05) is 22.9 Å². The van der Waals surface area contributed by atoms with Crippen molar-refractivity contribution in [2.45, 2.75) is 13.0 Å². The van der Waals surface area contributed by atoms with Gasteiger partial charge in [0.2, 0.25) is 0 Å². The van der Waals surface area contributed by atoms with Gasteiger partial charge in [-0.05, 0) is 34.1 Å². The number of hydrogen-bond acceptors (Lipinski definition) is 3. The molecule has 0 amide bonds. The highest BCUT2D eigenvalue weighted by Crippen LogP contribution is 2.29. The van der Waals surface area contributed by atoms with Crippen molar-refractivity contribution >= 4 is 33.3 Å². The highest BCUT2D eigenvalue weighted by atomic mass is 79.9. The fourth-order valence-electron chi connectivity index (χ4n) is 2.09. The van der Waals surface area contributed by atoms with E-state index >= 15 is 0 Å². The van der Waals surface area contributed by atoms with Gasteiger partial charge in [0.05, 0.1) is 29.6 Å². The predicted molar refractivity (Wildman–Crippen MR) is 74.0 cm³/mol. The first-order valence-electron chi connectivity index (χ1n) is 5.56. The predicted octanol–water partition coefficient (Wildman–Crippen LogP) is 2.94. The van der Waals surface area contributed by atoms with Gasteiger partial charge in [0, 0.05) is 16.5 Å². The Labute approximate surface area is 118 Å². The molecule has 1 aromatic carbocycles. The summed E-state index contributed by atoms with van der Waals surface area (Å²) in [6.45, 7) is 1.23. The minimum Gasteiger partial charge on any atom is -0.382 e. The second-order valence-corrected chi connectivity index (χ2v) is 5.38. The molecule has 0 saturated carbocycles. The zero-order chi connectivity index (χ0) is 12.7. The number of hydrogen-bond donors (Lipinski definition) is 1. The second kappa shape index (κ2) is 4.57. The van der Waals surface area contributed by atoms with Gasteiger partial charge < -0.3 is 10.5 Å². The average molecular weight is 329 g/mol. The molecule has 0 unspecified atom stereocenters. The molecule has 2 N–H and O–H groups in total. The van der Waals surface area contributed by atoms with E-state index in [1.54, 1.807) is 0 Å². The van der Waals surface area contributed by atoms with E-state index in [-0.39, 0.29) is 0 Å². The van der Waals surface area contributed by atoms with Crippen LogP contribution in [0.5, 0.6) is 0 Å². The fraction of sp³-hybridized carbons (Fsp3) is 0.250. The lowest BCUT2D eigenvalue weighted by molar-refractivity contribution is 0.110. The van der Waals surface area contributed by atoms with Crippen molar-refractivity contribution in [3.63, 3.8) is 0 Å². The van der Waals surface area contributed by atoms with Crippen LogP contribution in [-0.2, 0) is 17.8 Å². The summed E-state index contributed by atoms with van der Waals surface area (Å²) in [5.41, 5.74) is 8.92. The molecule has 4 nitrogen and oxygen atoms in total. The van der Waals surface area contributed by atoms with Crippen molar-refractivity contribution in [3.05, 3.63) is 39.0 Å². The summed E-state index contributed by atoms with van der Waals surface area (Å²) in [7, 11) is 0. The largest absolute Gasteiger partial charge is 0.382 e. The molecule has 0 atom stereocenters. The monoisotopic (exact) mass is 327 g/mol. The van der Waals surface area contributed by atoms with Gasteiger partial charge in [-0.15, -0.1) is 0 Å². The summed E-state index contributed by atoms with van der Waals surface area (Å²) in [5.74, 6) is 0.531. The molecule has 2 heterocycles. The maximum absolute atomic E-state index is 6.11. The van der Waals surface area contributed by atoms with Crippen LogP contribution in [0, 0.1) is 0 Å². The van der Waals surface area contributed by atoms with Gasteiger partial charge in [-0.1, -0.05) is 11.6 Å². The molecule has 0 saturated heterocycles. The van der Waals surface area contributed by atoms with Gasteiger partial charge >= 0.3 is 0 Å². The number of nitrogens with zero attached hydrogens (tertiary/aromatic N) is 2. The van der Waals surface area contributed by atoms with Gasteiger partial charge in [-0.25, -0.2) is 4.68 Å². The minimum atomic E-state index is 0.531. The van der Waals surface area contributed by atoms with E-state index in [4.69, 9.17) is 22.1 Å². The number of halogens is 2. The van der Waals surface area contributed by atoms with Crippen LogP contribution in [0.2, 0.25) is 5.02 Å². The molecule has 0 radical (unpaired) electrons. The number of nitrogens with two attached hydrogens (primary N) is 1. The zero-order valence-corrected chi connectivity index (χ0v) is 11.8. The third kappa shape index (κ3) is 1.92. The van der Waals surface area contributed by atoms with Gasteiger partial charge in [-0.3, -0.25) is 0 Å². The van der Waals surface area contributed by atoms with Crippen LogP contribution in [0.1, 0.15) is 11.3 Å². The summed E-state index contributed by atoms with van der Waals surface area (Å²) in [6, 6.07) is 5.73. The van der Waals surface area contributed by atoms with Crippen molar-refractivity contribution in [2.75, 3.05) is 12.3 Å². The number of ether oxygens (including phenoxy) is 1. The Balaban J connectivity index is 2.14. The number of fused-ring (bicyclic) bond motifs is 1. The van der Waals surface area contributed by atoms with E-state index in [2.05, 4.69) is 21.0 Å². The lowest BCUT2D eigenvalue weighted by Crippen LogP contribution is -2.13. The summed E-state index contributed by atoms with van der Waals surface area (Å²) < 4.78 is 8.12. The molecule has 18 heavy (non-hydrogen) atoms. The molecular weight excluding hydrogens is 318 g/mol. The molecular formula is C12H11BrClN3O. The van der Waals surface area contributed by atoms with Crippen molar-refractivity contribution in [1.82, 2.24) is 9.78 Å². The molecule has 0 bridgehead atoms. The molecule has 2 aromatic rings. The van der Waals surface area contributed by atoms with E-state index < -0.39 is 0 Å². The van der Waals surface area contributed by atoms with Crippen LogP contribution in [-0.4, -0.2) is 16.4 Å². The molecule has 3 rings (SSSR count). The van der Waals surface area contributed by atoms with Crippen LogP contribution in [0.4, 0.5) is 5.82 Å². The first kappa shape index (κ1) is 12.0. The van der Waals surface area contributed by atoms with Gasteiger partial charge in [0.1, 0.15) is 0 Å². The standard InChI is InChI=1S/C12H11BrClN3O/c13-9-2-1-7(5-10(9)14)17-11-3-4-18-6-8(11)12(15)16-17/h1-2,5H,3-4,6H2,(H2,15,16). The van der Waals surface area contributed by atoms with Crippen LogP contribution in [0.3, 0.4) is 0 Å². The maximum Gasteiger partial charge on any atom is 0.151 e. The average Bonchev–Trinajstić information content (AvgIpc) is 2.71. The number of benzene rings is 1. The smallest absolute Gasteiger partial charge is 0.151 e. The highest BCUT2D eigenvalue weighted by Gasteiger charge is 2.20. The molecule has 0 aliphatic carbocycles. The maximum atomic E-state index is 6.11. The van der Waals surface area contributed by atoms with E-state index in [0.717, 1.165) is 27.8 Å². The van der Waals surface area contributed by atoms with Gasteiger partial charge in [-0.2, -0.15) is 5.10 Å². The normalized spacial score (nSPS) is 14.6. The van der Waals surface area contributed by atoms with Crippen molar-refractivity contribution in [3.8, 4) is 5.69 Å². The Morgan fingerprint density at radius 3 is 3.06 bits per heavy atom. The SMILES string of the molecule is Nc1nn(-c2ccc(Br)c(Cl)c2)c2c1COCC2. The van der Waals surface area contributed by atoms with E-state index in [9.17, 15) is 0 Å². The van der Waals surface area contributed by atoms with E-state index in [1.165, 1.54) is 0 Å². The van der Waals surface area contributed by atoms with Crippen LogP contribution in [0.25, 0.3) is 5.69 Å². The Morgan fingerprint density at radius 1 is 1.44 bits per heavy atom. The molecule has 1 aliphatic rings. The molecule has 94 valence electrons. The first-order chi connectivity index (χ1) is 8.66.